The van der Waals surface area contributed by atoms with Crippen LogP contribution in [0.4, 0.5) is 0 Å². The molecule has 1 aromatic heterocycles. The first kappa shape index (κ1) is 10.1. The van der Waals surface area contributed by atoms with E-state index >= 15 is 0 Å². The molecule has 0 aliphatic carbocycles. The van der Waals surface area contributed by atoms with Gasteiger partial charge in [0.05, 0.1) is 6.04 Å². The van der Waals surface area contributed by atoms with Gasteiger partial charge >= 0.3 is 0 Å². The van der Waals surface area contributed by atoms with Crippen LogP contribution in [0.5, 0.6) is 0 Å². The second kappa shape index (κ2) is 4.87. The summed E-state index contributed by atoms with van der Waals surface area (Å²) < 4.78 is 0. The molecule has 1 aromatic rings. The van der Waals surface area contributed by atoms with Crippen molar-refractivity contribution in [2.45, 2.75) is 25.3 Å². The van der Waals surface area contributed by atoms with Gasteiger partial charge in [0.2, 0.25) is 0 Å². The van der Waals surface area contributed by atoms with Crippen molar-refractivity contribution in [3.05, 3.63) is 16.1 Å². The van der Waals surface area contributed by atoms with Crippen LogP contribution in [-0.4, -0.2) is 25.1 Å². The molecule has 0 saturated carbocycles. The molecule has 4 heteroatoms. The molecular formula is C10H17N3S. The van der Waals surface area contributed by atoms with Gasteiger partial charge in [0.1, 0.15) is 5.01 Å². The van der Waals surface area contributed by atoms with E-state index in [9.17, 15) is 0 Å². The molecule has 1 aliphatic heterocycles. The number of nitrogens with zero attached hydrogens (tertiary/aromatic N) is 1. The molecule has 0 radical (unpaired) electrons. The molecule has 0 amide bonds. The van der Waals surface area contributed by atoms with Crippen LogP contribution < -0.4 is 10.6 Å². The van der Waals surface area contributed by atoms with Gasteiger partial charge in [0.15, 0.2) is 0 Å². The zero-order valence-corrected chi connectivity index (χ0v) is 9.36. The van der Waals surface area contributed by atoms with Crippen LogP contribution in [0.2, 0.25) is 0 Å². The number of aromatic nitrogens is 1. The highest BCUT2D eigenvalue weighted by atomic mass is 32.1. The van der Waals surface area contributed by atoms with Crippen molar-refractivity contribution in [1.82, 2.24) is 15.6 Å². The zero-order valence-electron chi connectivity index (χ0n) is 8.55. The molecule has 14 heavy (non-hydrogen) atoms. The SMILES string of the molecule is CNCCc1cnc(C2CCCN2)s1. The van der Waals surface area contributed by atoms with Crippen molar-refractivity contribution >= 4 is 11.3 Å². The fourth-order valence-corrected chi connectivity index (χ4v) is 2.77. The minimum absolute atomic E-state index is 0.531. The second-order valence-electron chi connectivity index (χ2n) is 3.67. The average Bonchev–Trinajstić information content (AvgIpc) is 2.85. The van der Waals surface area contributed by atoms with Crippen LogP contribution in [0, 0.1) is 0 Å². The molecule has 1 fully saturated rings. The monoisotopic (exact) mass is 211 g/mol. The lowest BCUT2D eigenvalue weighted by Crippen LogP contribution is -2.12. The van der Waals surface area contributed by atoms with Crippen molar-refractivity contribution in [1.29, 1.82) is 0 Å². The average molecular weight is 211 g/mol. The summed E-state index contributed by atoms with van der Waals surface area (Å²) >= 11 is 1.86. The van der Waals surface area contributed by atoms with E-state index in [2.05, 4.69) is 15.6 Å². The van der Waals surface area contributed by atoms with Crippen molar-refractivity contribution in [3.63, 3.8) is 0 Å². The van der Waals surface area contributed by atoms with Gasteiger partial charge in [-0.1, -0.05) is 0 Å². The Balaban J connectivity index is 1.94. The number of hydrogen-bond donors (Lipinski definition) is 2. The molecule has 0 bridgehead atoms. The Kier molecular flexibility index (Phi) is 3.50. The molecule has 0 aromatic carbocycles. The molecule has 2 heterocycles. The van der Waals surface area contributed by atoms with Gasteiger partial charge in [-0.15, -0.1) is 11.3 Å². The highest BCUT2D eigenvalue weighted by Gasteiger charge is 2.18. The van der Waals surface area contributed by atoms with E-state index in [1.165, 1.54) is 22.7 Å². The number of likely N-dealkylation sites (N-methyl/N-ethyl adjacent to an activating group) is 1. The van der Waals surface area contributed by atoms with Crippen LogP contribution in [0.1, 0.15) is 28.8 Å². The second-order valence-corrected chi connectivity index (χ2v) is 4.81. The Morgan fingerprint density at radius 1 is 1.71 bits per heavy atom. The first-order valence-corrected chi connectivity index (χ1v) is 6.04. The largest absolute Gasteiger partial charge is 0.319 e. The molecule has 1 aliphatic rings. The highest BCUT2D eigenvalue weighted by Crippen LogP contribution is 2.26. The first-order chi connectivity index (χ1) is 6.90. The van der Waals surface area contributed by atoms with Gasteiger partial charge in [-0.25, -0.2) is 4.98 Å². The van der Waals surface area contributed by atoms with Gasteiger partial charge in [0.25, 0.3) is 0 Å². The van der Waals surface area contributed by atoms with Gasteiger partial charge < -0.3 is 10.6 Å². The molecule has 3 nitrogen and oxygen atoms in total. The van der Waals surface area contributed by atoms with E-state index in [0.29, 0.717) is 6.04 Å². The van der Waals surface area contributed by atoms with Crippen molar-refractivity contribution in [2.24, 2.45) is 0 Å². The standard InChI is InChI=1S/C10H17N3S/c1-11-6-4-8-7-13-10(14-8)9-3-2-5-12-9/h7,9,11-12H,2-6H2,1H3. The van der Waals surface area contributed by atoms with E-state index in [4.69, 9.17) is 0 Å². The predicted octanol–water partition coefficient (Wildman–Crippen LogP) is 1.33. The fraction of sp³-hybridized carbons (Fsp3) is 0.700. The molecule has 2 N–H and O–H groups in total. The molecule has 1 atom stereocenters. The minimum Gasteiger partial charge on any atom is -0.319 e. The topological polar surface area (TPSA) is 37.0 Å². The van der Waals surface area contributed by atoms with E-state index in [0.717, 1.165) is 19.5 Å². The van der Waals surface area contributed by atoms with Crippen molar-refractivity contribution in [2.75, 3.05) is 20.1 Å². The molecule has 1 unspecified atom stereocenters. The van der Waals surface area contributed by atoms with Crippen molar-refractivity contribution in [3.8, 4) is 0 Å². The van der Waals surface area contributed by atoms with E-state index in [1.54, 1.807) is 0 Å². The number of rotatable bonds is 4. The molecular weight excluding hydrogens is 194 g/mol. The highest BCUT2D eigenvalue weighted by molar-refractivity contribution is 7.11. The Morgan fingerprint density at radius 2 is 2.64 bits per heavy atom. The molecule has 0 spiro atoms. The summed E-state index contributed by atoms with van der Waals surface area (Å²) in [6.45, 7) is 2.19. The lowest BCUT2D eigenvalue weighted by atomic mass is 10.2. The maximum Gasteiger partial charge on any atom is 0.110 e. The van der Waals surface area contributed by atoms with Crippen LogP contribution >= 0.6 is 11.3 Å². The summed E-state index contributed by atoms with van der Waals surface area (Å²) in [7, 11) is 1.99. The first-order valence-electron chi connectivity index (χ1n) is 5.22. The Hall–Kier alpha value is -0.450. The summed E-state index contributed by atoms with van der Waals surface area (Å²) in [5.41, 5.74) is 0. The Bertz CT molecular complexity index is 279. The van der Waals surface area contributed by atoms with Crippen LogP contribution in [0.3, 0.4) is 0 Å². The Morgan fingerprint density at radius 3 is 3.36 bits per heavy atom. The van der Waals surface area contributed by atoms with Gasteiger partial charge in [-0.2, -0.15) is 0 Å². The zero-order chi connectivity index (χ0) is 9.80. The normalized spacial score (nSPS) is 21.6. The van der Waals surface area contributed by atoms with E-state index in [1.807, 2.05) is 24.6 Å². The van der Waals surface area contributed by atoms with Crippen LogP contribution in [0.15, 0.2) is 6.20 Å². The third-order valence-corrected chi connectivity index (χ3v) is 3.72. The van der Waals surface area contributed by atoms with E-state index in [-0.39, 0.29) is 0 Å². The number of nitrogens with one attached hydrogen (secondary N) is 2. The minimum atomic E-state index is 0.531. The quantitative estimate of drug-likeness (QED) is 0.789. The smallest absolute Gasteiger partial charge is 0.110 e. The third-order valence-electron chi connectivity index (χ3n) is 2.55. The maximum absolute atomic E-state index is 4.48. The number of thiazole rings is 1. The summed E-state index contributed by atoms with van der Waals surface area (Å²) in [5.74, 6) is 0. The van der Waals surface area contributed by atoms with Crippen LogP contribution in [0.25, 0.3) is 0 Å². The summed E-state index contributed by atoms with van der Waals surface area (Å²) in [5, 5.41) is 7.90. The van der Waals surface area contributed by atoms with Gasteiger partial charge in [-0.05, 0) is 39.4 Å². The van der Waals surface area contributed by atoms with Crippen molar-refractivity contribution < 1.29 is 0 Å². The lowest BCUT2D eigenvalue weighted by molar-refractivity contribution is 0.643. The van der Waals surface area contributed by atoms with Crippen LogP contribution in [-0.2, 0) is 6.42 Å². The lowest BCUT2D eigenvalue weighted by Gasteiger charge is -2.04. The number of hydrogen-bond acceptors (Lipinski definition) is 4. The molecule has 1 saturated heterocycles. The Labute approximate surface area is 88.9 Å². The van der Waals surface area contributed by atoms with Gasteiger partial charge in [0, 0.05) is 11.1 Å². The van der Waals surface area contributed by atoms with Gasteiger partial charge in [-0.3, -0.25) is 0 Å². The molecule has 78 valence electrons. The third kappa shape index (κ3) is 2.32. The summed E-state index contributed by atoms with van der Waals surface area (Å²) in [4.78, 5) is 5.87. The summed E-state index contributed by atoms with van der Waals surface area (Å²) in [6.07, 6.45) is 5.66. The fourth-order valence-electron chi connectivity index (χ4n) is 1.74. The maximum atomic E-state index is 4.48. The van der Waals surface area contributed by atoms with E-state index < -0.39 is 0 Å². The predicted molar refractivity (Wildman–Crippen MR) is 59.7 cm³/mol. The summed E-state index contributed by atoms with van der Waals surface area (Å²) in [6, 6.07) is 0.531. The molecule has 2 rings (SSSR count).